The van der Waals surface area contributed by atoms with Crippen molar-refractivity contribution in [1.29, 1.82) is 0 Å². The number of methoxy groups -OCH3 is 1. The van der Waals surface area contributed by atoms with Crippen LogP contribution in [0.3, 0.4) is 0 Å². The van der Waals surface area contributed by atoms with Crippen LogP contribution in [-0.4, -0.2) is 18.1 Å². The molecule has 1 aromatic heterocycles. The van der Waals surface area contributed by atoms with E-state index in [0.717, 1.165) is 5.56 Å². The van der Waals surface area contributed by atoms with Gasteiger partial charge in [0.2, 0.25) is 0 Å². The molecule has 0 aliphatic carbocycles. The molecule has 0 bridgehead atoms. The summed E-state index contributed by atoms with van der Waals surface area (Å²) in [6.07, 6.45) is 0. The first-order valence-corrected chi connectivity index (χ1v) is 6.68. The van der Waals surface area contributed by atoms with E-state index < -0.39 is 5.97 Å². The zero-order valence-electron chi connectivity index (χ0n) is 10.2. The van der Waals surface area contributed by atoms with E-state index >= 15 is 0 Å². The molecule has 98 valence electrons. The zero-order valence-corrected chi connectivity index (χ0v) is 11.8. The van der Waals surface area contributed by atoms with Crippen molar-refractivity contribution < 1.29 is 13.9 Å². The van der Waals surface area contributed by atoms with Crippen LogP contribution >= 0.6 is 15.9 Å². The number of halogens is 2. The smallest absolute Gasteiger partial charge is 0.356 e. The number of aromatic nitrogens is 1. The minimum absolute atomic E-state index is 0.237. The third-order valence-electron chi connectivity index (χ3n) is 2.62. The van der Waals surface area contributed by atoms with Crippen molar-refractivity contribution in [2.45, 2.75) is 5.33 Å². The minimum Gasteiger partial charge on any atom is -0.464 e. The summed E-state index contributed by atoms with van der Waals surface area (Å²) >= 11 is 3.29. The van der Waals surface area contributed by atoms with Gasteiger partial charge in [-0.05, 0) is 23.8 Å². The third-order valence-corrected chi connectivity index (χ3v) is 3.23. The highest BCUT2D eigenvalue weighted by Gasteiger charge is 2.14. The maximum absolute atomic E-state index is 13.2. The molecule has 3 nitrogen and oxygen atoms in total. The lowest BCUT2D eigenvalue weighted by atomic mass is 10.1. The molecular weight excluding hydrogens is 313 g/mol. The first-order valence-electron chi connectivity index (χ1n) is 5.56. The maximum Gasteiger partial charge on any atom is 0.356 e. The predicted molar refractivity (Wildman–Crippen MR) is 73.6 cm³/mol. The SMILES string of the molecule is COC(=O)c1nc(-c2cccc(F)c2)ccc1CBr. The molecule has 0 saturated carbocycles. The van der Waals surface area contributed by atoms with Crippen LogP contribution < -0.4 is 0 Å². The van der Waals surface area contributed by atoms with Gasteiger partial charge in [0.05, 0.1) is 12.8 Å². The van der Waals surface area contributed by atoms with Crippen LogP contribution in [0.2, 0.25) is 0 Å². The highest BCUT2D eigenvalue weighted by molar-refractivity contribution is 9.08. The topological polar surface area (TPSA) is 39.2 Å². The Morgan fingerprint density at radius 3 is 2.79 bits per heavy atom. The standard InChI is InChI=1S/C14H11BrFNO2/c1-19-14(18)13-10(8-15)5-6-12(17-13)9-3-2-4-11(16)7-9/h2-7H,8H2,1H3. The lowest BCUT2D eigenvalue weighted by molar-refractivity contribution is 0.0593. The molecule has 0 saturated heterocycles. The lowest BCUT2D eigenvalue weighted by Gasteiger charge is -2.07. The van der Waals surface area contributed by atoms with Crippen LogP contribution in [0.4, 0.5) is 4.39 Å². The number of ether oxygens (including phenoxy) is 1. The van der Waals surface area contributed by atoms with Gasteiger partial charge in [-0.3, -0.25) is 0 Å². The highest BCUT2D eigenvalue weighted by Crippen LogP contribution is 2.21. The van der Waals surface area contributed by atoms with E-state index in [0.29, 0.717) is 16.6 Å². The van der Waals surface area contributed by atoms with Gasteiger partial charge in [-0.2, -0.15) is 0 Å². The molecule has 0 atom stereocenters. The number of carbonyl (C=O) groups excluding carboxylic acids is 1. The Labute approximate surface area is 118 Å². The Morgan fingerprint density at radius 1 is 1.37 bits per heavy atom. The third kappa shape index (κ3) is 2.98. The van der Waals surface area contributed by atoms with E-state index in [1.54, 1.807) is 24.3 Å². The highest BCUT2D eigenvalue weighted by atomic mass is 79.9. The zero-order chi connectivity index (χ0) is 13.8. The van der Waals surface area contributed by atoms with Crippen molar-refractivity contribution in [2.75, 3.05) is 7.11 Å². The van der Waals surface area contributed by atoms with Crippen molar-refractivity contribution in [1.82, 2.24) is 4.98 Å². The second kappa shape index (κ2) is 5.93. The second-order valence-corrected chi connectivity index (χ2v) is 4.40. The van der Waals surface area contributed by atoms with Crippen LogP contribution in [0.5, 0.6) is 0 Å². The fourth-order valence-electron chi connectivity index (χ4n) is 1.68. The Morgan fingerprint density at radius 2 is 2.16 bits per heavy atom. The normalized spacial score (nSPS) is 10.3. The van der Waals surface area contributed by atoms with Crippen LogP contribution in [0.25, 0.3) is 11.3 Å². The summed E-state index contributed by atoms with van der Waals surface area (Å²) in [7, 11) is 1.30. The molecule has 0 aliphatic rings. The fourth-order valence-corrected chi connectivity index (χ4v) is 2.13. The molecular formula is C14H11BrFNO2. The first kappa shape index (κ1) is 13.7. The maximum atomic E-state index is 13.2. The van der Waals surface area contributed by atoms with Crippen molar-refractivity contribution in [2.24, 2.45) is 0 Å². The van der Waals surface area contributed by atoms with Crippen LogP contribution in [-0.2, 0) is 10.1 Å². The molecule has 1 heterocycles. The molecule has 2 rings (SSSR count). The van der Waals surface area contributed by atoms with E-state index in [-0.39, 0.29) is 11.5 Å². The first-order chi connectivity index (χ1) is 9.15. The molecule has 2 aromatic rings. The summed E-state index contributed by atoms with van der Waals surface area (Å²) in [5.41, 5.74) is 2.11. The Kier molecular flexibility index (Phi) is 4.27. The van der Waals surface area contributed by atoms with E-state index in [1.807, 2.05) is 0 Å². The van der Waals surface area contributed by atoms with Crippen molar-refractivity contribution >= 4 is 21.9 Å². The quantitative estimate of drug-likeness (QED) is 0.640. The molecule has 0 amide bonds. The van der Waals surface area contributed by atoms with Gasteiger partial charge in [0, 0.05) is 10.9 Å². The van der Waals surface area contributed by atoms with Crippen molar-refractivity contribution in [3.63, 3.8) is 0 Å². The molecule has 0 fully saturated rings. The van der Waals surface area contributed by atoms with Crippen LogP contribution in [0.15, 0.2) is 36.4 Å². The summed E-state index contributed by atoms with van der Waals surface area (Å²) in [6, 6.07) is 9.59. The van der Waals surface area contributed by atoms with E-state index in [1.165, 1.54) is 19.2 Å². The second-order valence-electron chi connectivity index (χ2n) is 3.84. The van der Waals surface area contributed by atoms with Gasteiger partial charge in [-0.1, -0.05) is 34.1 Å². The van der Waals surface area contributed by atoms with Crippen LogP contribution in [0.1, 0.15) is 16.1 Å². The number of hydrogen-bond acceptors (Lipinski definition) is 3. The number of carbonyl (C=O) groups is 1. The summed E-state index contributed by atoms with van der Waals surface area (Å²) in [5.74, 6) is -0.851. The molecule has 0 aliphatic heterocycles. The minimum atomic E-state index is -0.507. The van der Waals surface area contributed by atoms with E-state index in [4.69, 9.17) is 4.74 Å². The van der Waals surface area contributed by atoms with Gasteiger partial charge in [-0.25, -0.2) is 14.2 Å². The summed E-state index contributed by atoms with van der Waals surface area (Å²) in [4.78, 5) is 15.9. The Bertz CT molecular complexity index is 616. The molecule has 19 heavy (non-hydrogen) atoms. The molecule has 0 radical (unpaired) electrons. The summed E-state index contributed by atoms with van der Waals surface area (Å²) in [6.45, 7) is 0. The van der Waals surface area contributed by atoms with Gasteiger partial charge in [0.25, 0.3) is 0 Å². The number of esters is 1. The average Bonchev–Trinajstić information content (AvgIpc) is 2.45. The van der Waals surface area contributed by atoms with Gasteiger partial charge in [0.15, 0.2) is 5.69 Å². The molecule has 5 heteroatoms. The monoisotopic (exact) mass is 323 g/mol. The molecule has 1 aromatic carbocycles. The van der Waals surface area contributed by atoms with Crippen LogP contribution in [0, 0.1) is 5.82 Å². The fraction of sp³-hybridized carbons (Fsp3) is 0.143. The number of hydrogen-bond donors (Lipinski definition) is 0. The molecule has 0 spiro atoms. The predicted octanol–water partition coefficient (Wildman–Crippen LogP) is 3.57. The molecule has 0 N–H and O–H groups in total. The Hall–Kier alpha value is -1.75. The number of rotatable bonds is 3. The van der Waals surface area contributed by atoms with Crippen molar-refractivity contribution in [3.05, 3.63) is 53.5 Å². The number of nitrogens with zero attached hydrogens (tertiary/aromatic N) is 1. The number of alkyl halides is 1. The summed E-state index contributed by atoms with van der Waals surface area (Å²) < 4.78 is 17.9. The Balaban J connectivity index is 2.51. The molecule has 0 unspecified atom stereocenters. The lowest BCUT2D eigenvalue weighted by Crippen LogP contribution is -2.08. The van der Waals surface area contributed by atoms with Gasteiger partial charge in [-0.15, -0.1) is 0 Å². The number of pyridine rings is 1. The van der Waals surface area contributed by atoms with E-state index in [9.17, 15) is 9.18 Å². The number of benzene rings is 1. The van der Waals surface area contributed by atoms with Gasteiger partial charge in [0.1, 0.15) is 5.82 Å². The largest absolute Gasteiger partial charge is 0.464 e. The van der Waals surface area contributed by atoms with Crippen molar-refractivity contribution in [3.8, 4) is 11.3 Å². The van der Waals surface area contributed by atoms with E-state index in [2.05, 4.69) is 20.9 Å². The average molecular weight is 324 g/mol. The summed E-state index contributed by atoms with van der Waals surface area (Å²) in [5, 5.41) is 0.494. The van der Waals surface area contributed by atoms with Gasteiger partial charge >= 0.3 is 5.97 Å². The van der Waals surface area contributed by atoms with Gasteiger partial charge < -0.3 is 4.74 Å².